The van der Waals surface area contributed by atoms with E-state index in [1.54, 1.807) is 13.3 Å². The minimum absolute atomic E-state index is 0.0113. The van der Waals surface area contributed by atoms with Crippen molar-refractivity contribution in [2.45, 2.75) is 84.5 Å². The number of hydrogen-bond donors (Lipinski definition) is 0. The molecule has 0 fully saturated rings. The van der Waals surface area contributed by atoms with Crippen LogP contribution in [0.25, 0.3) is 22.1 Å². The Bertz CT molecular complexity index is 1200. The van der Waals surface area contributed by atoms with Gasteiger partial charge in [-0.2, -0.15) is 0 Å². The number of pyridine rings is 1. The fourth-order valence-corrected chi connectivity index (χ4v) is 4.33. The quantitative estimate of drug-likeness (QED) is 0.121. The third-order valence-corrected chi connectivity index (χ3v) is 7.04. The number of hydrogen-bond acceptors (Lipinski definition) is 7. The molecule has 1 unspecified atom stereocenters. The fraction of sp³-hybridized carbons (Fsp3) is 0.531. The van der Waals surface area contributed by atoms with Gasteiger partial charge in [0.15, 0.2) is 5.58 Å². The van der Waals surface area contributed by atoms with Crippen LogP contribution in [-0.4, -0.2) is 31.3 Å². The third-order valence-electron chi connectivity index (χ3n) is 7.04. The zero-order chi connectivity index (χ0) is 27.9. The average molecular weight is 538 g/mol. The van der Waals surface area contributed by atoms with Gasteiger partial charge in [-0.25, -0.2) is 9.78 Å². The summed E-state index contributed by atoms with van der Waals surface area (Å²) in [6.07, 6.45) is 14.0. The maximum Gasteiger partial charge on any atom is 0.344 e. The Balaban J connectivity index is 1.27. The zero-order valence-electron chi connectivity index (χ0n) is 23.7. The Hall–Kier alpha value is -3.35. The fourth-order valence-electron chi connectivity index (χ4n) is 4.33. The predicted molar refractivity (Wildman–Crippen MR) is 154 cm³/mol. The van der Waals surface area contributed by atoms with Gasteiger partial charge in [0.2, 0.25) is 5.88 Å². The lowest BCUT2D eigenvalue weighted by Crippen LogP contribution is -2.14. The van der Waals surface area contributed by atoms with Crippen molar-refractivity contribution in [1.29, 1.82) is 0 Å². The lowest BCUT2D eigenvalue weighted by molar-refractivity contribution is -0.148. The highest BCUT2D eigenvalue weighted by molar-refractivity contribution is 5.81. The molecule has 0 amide bonds. The van der Waals surface area contributed by atoms with Crippen LogP contribution in [0.1, 0.15) is 84.5 Å². The third kappa shape index (κ3) is 10.0. The Labute approximate surface area is 231 Å². The number of rotatable bonds is 18. The maximum absolute atomic E-state index is 12.5. The van der Waals surface area contributed by atoms with Gasteiger partial charge in [-0.3, -0.25) is 4.79 Å². The van der Waals surface area contributed by atoms with Crippen molar-refractivity contribution in [3.63, 3.8) is 0 Å². The molecular formula is C32H43NO6. The van der Waals surface area contributed by atoms with Crippen LogP contribution in [0.5, 0.6) is 11.6 Å². The first-order valence-corrected chi connectivity index (χ1v) is 14.4. The van der Waals surface area contributed by atoms with E-state index in [-0.39, 0.29) is 11.9 Å². The lowest BCUT2D eigenvalue weighted by Gasteiger charge is -2.09. The molecule has 2 heterocycles. The van der Waals surface area contributed by atoms with Crippen LogP contribution in [0.4, 0.5) is 0 Å². The highest BCUT2D eigenvalue weighted by Gasteiger charge is 2.11. The van der Waals surface area contributed by atoms with Gasteiger partial charge in [0, 0.05) is 11.5 Å². The first kappa shape index (κ1) is 30.2. The molecular weight excluding hydrogens is 494 g/mol. The summed E-state index contributed by atoms with van der Waals surface area (Å²) >= 11 is 0. The normalized spacial score (nSPS) is 11.9. The van der Waals surface area contributed by atoms with E-state index in [2.05, 4.69) is 4.98 Å². The van der Waals surface area contributed by atoms with E-state index in [9.17, 15) is 9.59 Å². The Morgan fingerprint density at radius 1 is 0.897 bits per heavy atom. The molecule has 0 radical (unpaired) electrons. The van der Waals surface area contributed by atoms with Gasteiger partial charge in [0.1, 0.15) is 5.75 Å². The van der Waals surface area contributed by atoms with E-state index in [0.717, 1.165) is 48.8 Å². The number of aromatic nitrogens is 1. The highest BCUT2D eigenvalue weighted by Crippen LogP contribution is 2.25. The second-order valence-electron chi connectivity index (χ2n) is 10.1. The van der Waals surface area contributed by atoms with Crippen molar-refractivity contribution in [2.75, 3.05) is 20.3 Å². The summed E-state index contributed by atoms with van der Waals surface area (Å²) < 4.78 is 21.8. The van der Waals surface area contributed by atoms with Gasteiger partial charge in [-0.1, -0.05) is 77.3 Å². The van der Waals surface area contributed by atoms with Crippen molar-refractivity contribution in [1.82, 2.24) is 4.98 Å². The van der Waals surface area contributed by atoms with Gasteiger partial charge >= 0.3 is 11.6 Å². The molecule has 0 spiro atoms. The molecule has 1 aromatic carbocycles. The lowest BCUT2D eigenvalue weighted by atomic mass is 10.1. The van der Waals surface area contributed by atoms with Crippen molar-refractivity contribution in [3.8, 4) is 22.8 Å². The number of benzene rings is 1. The standard InChI is InChI=1S/C32H43NO6/c1-4-24(2)31(34)38-20-14-12-10-8-6-5-7-9-11-13-19-37-30-22-26-21-28(32(35)39-29(26)23-33-30)25-15-17-27(36-3)18-16-25/h15-18,21-24H,4-14,19-20H2,1-3H3. The summed E-state index contributed by atoms with van der Waals surface area (Å²) in [5.41, 5.74) is 1.30. The molecule has 0 aliphatic heterocycles. The van der Waals surface area contributed by atoms with E-state index in [1.807, 2.05) is 50.2 Å². The molecule has 39 heavy (non-hydrogen) atoms. The first-order valence-electron chi connectivity index (χ1n) is 14.4. The number of unbranched alkanes of at least 4 members (excludes halogenated alkanes) is 9. The van der Waals surface area contributed by atoms with Crippen LogP contribution >= 0.6 is 0 Å². The molecule has 1 atom stereocenters. The van der Waals surface area contributed by atoms with Crippen LogP contribution in [0.15, 0.2) is 51.8 Å². The number of esters is 1. The molecule has 0 aliphatic carbocycles. The number of methoxy groups -OCH3 is 1. The van der Waals surface area contributed by atoms with Gasteiger partial charge in [-0.15, -0.1) is 0 Å². The topological polar surface area (TPSA) is 87.9 Å². The molecule has 0 bridgehead atoms. The smallest absolute Gasteiger partial charge is 0.344 e. The Morgan fingerprint density at radius 2 is 1.51 bits per heavy atom. The van der Waals surface area contributed by atoms with Crippen molar-refractivity contribution in [2.24, 2.45) is 5.92 Å². The minimum Gasteiger partial charge on any atom is -0.497 e. The molecule has 7 nitrogen and oxygen atoms in total. The van der Waals surface area contributed by atoms with Crippen molar-refractivity contribution in [3.05, 3.63) is 53.0 Å². The summed E-state index contributed by atoms with van der Waals surface area (Å²) in [7, 11) is 1.61. The molecule has 7 heteroatoms. The first-order chi connectivity index (χ1) is 19.0. The molecule has 3 rings (SSSR count). The van der Waals surface area contributed by atoms with E-state index in [4.69, 9.17) is 18.6 Å². The van der Waals surface area contributed by atoms with Crippen LogP contribution in [0.3, 0.4) is 0 Å². The number of carbonyl (C=O) groups is 1. The number of carbonyl (C=O) groups excluding carboxylic acids is 1. The monoisotopic (exact) mass is 537 g/mol. The largest absolute Gasteiger partial charge is 0.497 e. The maximum atomic E-state index is 12.5. The number of fused-ring (bicyclic) bond motifs is 1. The van der Waals surface area contributed by atoms with Crippen LogP contribution in [0, 0.1) is 5.92 Å². The second-order valence-corrected chi connectivity index (χ2v) is 10.1. The summed E-state index contributed by atoms with van der Waals surface area (Å²) in [6.45, 7) is 5.09. The molecule has 0 saturated heterocycles. The zero-order valence-corrected chi connectivity index (χ0v) is 23.7. The van der Waals surface area contributed by atoms with Gasteiger partial charge in [0.25, 0.3) is 0 Å². The molecule has 0 N–H and O–H groups in total. The summed E-state index contributed by atoms with van der Waals surface area (Å²) in [5.74, 6) is 1.21. The van der Waals surface area contributed by atoms with Crippen LogP contribution in [0.2, 0.25) is 0 Å². The molecule has 212 valence electrons. The number of ether oxygens (including phenoxy) is 3. The summed E-state index contributed by atoms with van der Waals surface area (Å²) in [6, 6.07) is 11.0. The Kier molecular flexibility index (Phi) is 12.8. The molecule has 2 aromatic heterocycles. The Morgan fingerprint density at radius 3 is 2.13 bits per heavy atom. The van der Waals surface area contributed by atoms with E-state index < -0.39 is 5.63 Å². The number of nitrogens with zero attached hydrogens (tertiary/aromatic N) is 1. The summed E-state index contributed by atoms with van der Waals surface area (Å²) in [4.78, 5) is 28.4. The van der Waals surface area contributed by atoms with E-state index in [0.29, 0.717) is 30.2 Å². The second kappa shape index (κ2) is 16.6. The molecule has 0 aliphatic rings. The van der Waals surface area contributed by atoms with Gasteiger partial charge in [0.05, 0.1) is 38.0 Å². The predicted octanol–water partition coefficient (Wildman–Crippen LogP) is 7.73. The van der Waals surface area contributed by atoms with Crippen LogP contribution < -0.4 is 15.1 Å². The van der Waals surface area contributed by atoms with E-state index >= 15 is 0 Å². The van der Waals surface area contributed by atoms with Crippen molar-refractivity contribution < 1.29 is 23.4 Å². The highest BCUT2D eigenvalue weighted by atomic mass is 16.5. The SMILES string of the molecule is CCC(C)C(=O)OCCCCCCCCCCCCOc1cc2cc(-c3ccc(OC)cc3)c(=O)oc2cn1. The minimum atomic E-state index is -0.400. The molecule has 0 saturated carbocycles. The summed E-state index contributed by atoms with van der Waals surface area (Å²) in [5, 5.41) is 0.775. The van der Waals surface area contributed by atoms with E-state index in [1.165, 1.54) is 38.5 Å². The molecule has 3 aromatic rings. The van der Waals surface area contributed by atoms with Gasteiger partial charge in [-0.05, 0) is 43.0 Å². The van der Waals surface area contributed by atoms with Crippen LogP contribution in [-0.2, 0) is 9.53 Å². The van der Waals surface area contributed by atoms with Crippen molar-refractivity contribution >= 4 is 16.9 Å². The average Bonchev–Trinajstić information content (AvgIpc) is 2.96. The van der Waals surface area contributed by atoms with Gasteiger partial charge < -0.3 is 18.6 Å².